The molecule has 2 aromatic rings. The van der Waals surface area contributed by atoms with Crippen LogP contribution in [0.2, 0.25) is 0 Å². The summed E-state index contributed by atoms with van der Waals surface area (Å²) in [6, 6.07) is 9.12. The van der Waals surface area contributed by atoms with E-state index in [-0.39, 0.29) is 36.7 Å². The number of aromatic nitrogens is 1. The van der Waals surface area contributed by atoms with E-state index in [0.29, 0.717) is 5.69 Å². The van der Waals surface area contributed by atoms with Gasteiger partial charge in [0.05, 0.1) is 18.7 Å². The number of Topliss-reactive ketones (excluding diaryl/α,β-unsaturated/α-hetero) is 1. The lowest BCUT2D eigenvalue weighted by Crippen LogP contribution is -2.09. The van der Waals surface area contributed by atoms with Gasteiger partial charge in [-0.3, -0.25) is 9.59 Å². The third-order valence-electron chi connectivity index (χ3n) is 3.67. The highest BCUT2D eigenvalue weighted by atomic mass is 16.5. The average molecular weight is 327 g/mol. The molecule has 1 aromatic carbocycles. The van der Waals surface area contributed by atoms with E-state index in [1.807, 2.05) is 32.0 Å². The first-order chi connectivity index (χ1) is 11.4. The van der Waals surface area contributed by atoms with E-state index in [9.17, 15) is 14.7 Å². The predicted octanol–water partition coefficient (Wildman–Crippen LogP) is 3.60. The quantitative estimate of drug-likeness (QED) is 0.648. The number of ketones is 1. The molecule has 0 bridgehead atoms. The Morgan fingerprint density at radius 1 is 1.12 bits per heavy atom. The lowest BCUT2D eigenvalue weighted by molar-refractivity contribution is -0.143. The van der Waals surface area contributed by atoms with Gasteiger partial charge in [-0.25, -0.2) is 4.98 Å². The summed E-state index contributed by atoms with van der Waals surface area (Å²) in [5, 5.41) is 9.95. The minimum atomic E-state index is -0.434. The van der Waals surface area contributed by atoms with Crippen molar-refractivity contribution < 1.29 is 19.4 Å². The van der Waals surface area contributed by atoms with Crippen molar-refractivity contribution in [3.05, 3.63) is 47.2 Å². The van der Waals surface area contributed by atoms with Crippen molar-refractivity contribution in [3.8, 4) is 17.0 Å². The van der Waals surface area contributed by atoms with E-state index in [2.05, 4.69) is 4.98 Å². The number of ether oxygens (including phenoxy) is 1. The first kappa shape index (κ1) is 17.7. The topological polar surface area (TPSA) is 76.5 Å². The molecule has 1 heterocycles. The summed E-state index contributed by atoms with van der Waals surface area (Å²) in [5.41, 5.74) is 3.63. The normalized spacial score (nSPS) is 10.5. The molecule has 0 fully saturated rings. The molecule has 24 heavy (non-hydrogen) atoms. The van der Waals surface area contributed by atoms with Crippen molar-refractivity contribution in [3.63, 3.8) is 0 Å². The number of aromatic hydroxyl groups is 1. The van der Waals surface area contributed by atoms with Crippen molar-refractivity contribution >= 4 is 11.8 Å². The number of rotatable bonds is 6. The highest BCUT2D eigenvalue weighted by Gasteiger charge is 2.17. The number of carbonyl (C=O) groups excluding carboxylic acids is 2. The Hall–Kier alpha value is -2.69. The van der Waals surface area contributed by atoms with Crippen molar-refractivity contribution in [1.82, 2.24) is 4.98 Å². The summed E-state index contributed by atoms with van der Waals surface area (Å²) in [7, 11) is 0. The molecule has 0 saturated carbocycles. The second kappa shape index (κ2) is 7.73. The van der Waals surface area contributed by atoms with Crippen LogP contribution < -0.4 is 0 Å². The van der Waals surface area contributed by atoms with Gasteiger partial charge in [0, 0.05) is 12.0 Å². The molecule has 0 amide bonds. The fraction of sp³-hybridized carbons (Fsp3) is 0.316. The Labute approximate surface area is 141 Å². The first-order valence-corrected chi connectivity index (χ1v) is 7.88. The molecule has 2 rings (SSSR count). The van der Waals surface area contributed by atoms with Gasteiger partial charge >= 0.3 is 5.97 Å². The average Bonchev–Trinajstić information content (AvgIpc) is 2.56. The number of aryl methyl sites for hydroxylation is 2. The number of carbonyl (C=O) groups is 2. The zero-order valence-electron chi connectivity index (χ0n) is 14.1. The third-order valence-corrected chi connectivity index (χ3v) is 3.67. The van der Waals surface area contributed by atoms with Gasteiger partial charge in [-0.05, 0) is 44.5 Å². The summed E-state index contributed by atoms with van der Waals surface area (Å²) < 4.78 is 4.81. The molecule has 1 aromatic heterocycles. The van der Waals surface area contributed by atoms with Crippen LogP contribution >= 0.6 is 0 Å². The van der Waals surface area contributed by atoms with Gasteiger partial charge in [-0.15, -0.1) is 0 Å². The molecule has 5 nitrogen and oxygen atoms in total. The van der Waals surface area contributed by atoms with Gasteiger partial charge < -0.3 is 9.84 Å². The molecular weight excluding hydrogens is 306 g/mol. The molecule has 0 spiro atoms. The van der Waals surface area contributed by atoms with Crippen LogP contribution in [0.5, 0.6) is 5.75 Å². The minimum Gasteiger partial charge on any atom is -0.506 e. The third kappa shape index (κ3) is 4.19. The van der Waals surface area contributed by atoms with Gasteiger partial charge in [-0.1, -0.05) is 17.7 Å². The fourth-order valence-corrected chi connectivity index (χ4v) is 2.39. The van der Waals surface area contributed by atoms with E-state index < -0.39 is 5.97 Å². The Bertz CT molecular complexity index is 768. The van der Waals surface area contributed by atoms with Gasteiger partial charge in [0.15, 0.2) is 5.78 Å². The Morgan fingerprint density at radius 2 is 1.88 bits per heavy atom. The number of benzene rings is 1. The molecule has 0 aliphatic rings. The summed E-state index contributed by atoms with van der Waals surface area (Å²) in [6.07, 6.45) is -0.0723. The largest absolute Gasteiger partial charge is 0.506 e. The van der Waals surface area contributed by atoms with Gasteiger partial charge in [0.1, 0.15) is 11.4 Å². The number of nitrogens with zero attached hydrogens (tertiary/aromatic N) is 1. The van der Waals surface area contributed by atoms with Crippen LogP contribution in [0.1, 0.15) is 41.4 Å². The van der Waals surface area contributed by atoms with Crippen LogP contribution in [0.15, 0.2) is 30.3 Å². The van der Waals surface area contributed by atoms with Gasteiger partial charge in [-0.2, -0.15) is 0 Å². The number of hydrogen-bond donors (Lipinski definition) is 1. The number of hydrogen-bond acceptors (Lipinski definition) is 5. The molecule has 0 aliphatic carbocycles. The lowest BCUT2D eigenvalue weighted by Gasteiger charge is -2.09. The predicted molar refractivity (Wildman–Crippen MR) is 91.0 cm³/mol. The van der Waals surface area contributed by atoms with Crippen LogP contribution in [-0.4, -0.2) is 28.4 Å². The molecule has 126 valence electrons. The maximum Gasteiger partial charge on any atom is 0.306 e. The van der Waals surface area contributed by atoms with Crippen LogP contribution in [0.25, 0.3) is 11.3 Å². The molecule has 0 unspecified atom stereocenters. The monoisotopic (exact) mass is 327 g/mol. The Morgan fingerprint density at radius 3 is 2.58 bits per heavy atom. The zero-order valence-corrected chi connectivity index (χ0v) is 14.1. The summed E-state index contributed by atoms with van der Waals surface area (Å²) in [6.45, 7) is 5.93. The van der Waals surface area contributed by atoms with Crippen LogP contribution in [0, 0.1) is 13.8 Å². The Balaban J connectivity index is 2.27. The van der Waals surface area contributed by atoms with E-state index in [1.165, 1.54) is 6.07 Å². The standard InChI is InChI=1S/C19H21NO4/c1-4-24-18(23)10-9-17(22)19-16(21)8-7-15(20-19)14-11-12(2)5-6-13(14)3/h5-8,11,21H,4,9-10H2,1-3H3. The van der Waals surface area contributed by atoms with Crippen molar-refractivity contribution in [2.75, 3.05) is 6.61 Å². The van der Waals surface area contributed by atoms with E-state index in [0.717, 1.165) is 16.7 Å². The molecule has 0 radical (unpaired) electrons. The van der Waals surface area contributed by atoms with Crippen LogP contribution in [0.3, 0.4) is 0 Å². The van der Waals surface area contributed by atoms with Crippen molar-refractivity contribution in [2.24, 2.45) is 0 Å². The first-order valence-electron chi connectivity index (χ1n) is 7.88. The Kier molecular flexibility index (Phi) is 5.68. The summed E-state index contributed by atoms with van der Waals surface area (Å²) in [4.78, 5) is 28.0. The van der Waals surface area contributed by atoms with E-state index in [4.69, 9.17) is 4.74 Å². The zero-order chi connectivity index (χ0) is 17.7. The van der Waals surface area contributed by atoms with Crippen molar-refractivity contribution in [2.45, 2.75) is 33.6 Å². The smallest absolute Gasteiger partial charge is 0.306 e. The maximum absolute atomic E-state index is 12.3. The highest BCUT2D eigenvalue weighted by molar-refractivity contribution is 5.98. The highest BCUT2D eigenvalue weighted by Crippen LogP contribution is 2.26. The minimum absolute atomic E-state index is 0.0160. The SMILES string of the molecule is CCOC(=O)CCC(=O)c1nc(-c2cc(C)ccc2C)ccc1O. The fourth-order valence-electron chi connectivity index (χ4n) is 2.39. The molecule has 5 heteroatoms. The molecular formula is C19H21NO4. The molecule has 1 N–H and O–H groups in total. The number of esters is 1. The molecule has 0 saturated heterocycles. The second-order valence-electron chi connectivity index (χ2n) is 5.61. The van der Waals surface area contributed by atoms with Crippen LogP contribution in [0.4, 0.5) is 0 Å². The summed E-state index contributed by atoms with van der Waals surface area (Å²) >= 11 is 0. The molecule has 0 atom stereocenters. The molecule has 0 aliphatic heterocycles. The van der Waals surface area contributed by atoms with E-state index in [1.54, 1.807) is 13.0 Å². The van der Waals surface area contributed by atoms with E-state index >= 15 is 0 Å². The number of pyridine rings is 1. The lowest BCUT2D eigenvalue weighted by atomic mass is 10.0. The van der Waals surface area contributed by atoms with Crippen LogP contribution in [-0.2, 0) is 9.53 Å². The second-order valence-corrected chi connectivity index (χ2v) is 5.61. The van der Waals surface area contributed by atoms with Gasteiger partial charge in [0.25, 0.3) is 0 Å². The maximum atomic E-state index is 12.3. The van der Waals surface area contributed by atoms with Crippen molar-refractivity contribution in [1.29, 1.82) is 0 Å². The summed E-state index contributed by atoms with van der Waals surface area (Å²) in [5.74, 6) is -0.998. The van der Waals surface area contributed by atoms with Gasteiger partial charge in [0.2, 0.25) is 0 Å².